The van der Waals surface area contributed by atoms with Crippen molar-refractivity contribution in [2.45, 2.75) is 39.7 Å². The van der Waals surface area contributed by atoms with Gasteiger partial charge in [-0.05, 0) is 45.4 Å². The quantitative estimate of drug-likeness (QED) is 0.540. The van der Waals surface area contributed by atoms with Crippen LogP contribution >= 0.6 is 0 Å². The Morgan fingerprint density at radius 3 is 2.63 bits per heavy atom. The van der Waals surface area contributed by atoms with E-state index >= 15 is 0 Å². The second-order valence-corrected chi connectivity index (χ2v) is 6.47. The van der Waals surface area contributed by atoms with E-state index in [1.165, 1.54) is 14.0 Å². The molecule has 1 atom stereocenters. The van der Waals surface area contributed by atoms with Crippen molar-refractivity contribution < 1.29 is 19.1 Å². The van der Waals surface area contributed by atoms with E-state index < -0.39 is 0 Å². The van der Waals surface area contributed by atoms with Crippen LogP contribution in [0.1, 0.15) is 54.3 Å². The predicted octanol–water partition coefficient (Wildman–Crippen LogP) is 2.98. The van der Waals surface area contributed by atoms with Crippen LogP contribution in [0.5, 0.6) is 11.5 Å². The maximum absolute atomic E-state index is 12.1. The Balaban J connectivity index is 1.80. The molecule has 1 aromatic heterocycles. The van der Waals surface area contributed by atoms with Gasteiger partial charge in [0.25, 0.3) is 0 Å². The first-order valence-electron chi connectivity index (χ1n) is 8.93. The fourth-order valence-electron chi connectivity index (χ4n) is 2.75. The summed E-state index contributed by atoms with van der Waals surface area (Å²) in [6, 6.07) is 4.97. The van der Waals surface area contributed by atoms with Crippen LogP contribution in [0.2, 0.25) is 0 Å². The van der Waals surface area contributed by atoms with E-state index in [2.05, 4.69) is 10.4 Å². The minimum absolute atomic E-state index is 0.0329. The van der Waals surface area contributed by atoms with Crippen LogP contribution in [0.25, 0.3) is 0 Å². The maximum Gasteiger partial charge on any atom is 0.220 e. The van der Waals surface area contributed by atoms with Gasteiger partial charge in [0.05, 0.1) is 26.0 Å². The SMILES string of the molecule is COc1cc(C(C)=O)ccc1OCCCC(=O)N[C@@H](C)c1cnn(C)c1C. The van der Waals surface area contributed by atoms with E-state index in [9.17, 15) is 9.59 Å². The number of aryl methyl sites for hydroxylation is 1. The minimum atomic E-state index is -0.0914. The van der Waals surface area contributed by atoms with E-state index in [4.69, 9.17) is 9.47 Å². The maximum atomic E-state index is 12.1. The Morgan fingerprint density at radius 1 is 1.30 bits per heavy atom. The van der Waals surface area contributed by atoms with Crippen molar-refractivity contribution in [2.75, 3.05) is 13.7 Å². The van der Waals surface area contributed by atoms with Gasteiger partial charge in [0.1, 0.15) is 0 Å². The largest absolute Gasteiger partial charge is 0.493 e. The third-order valence-corrected chi connectivity index (χ3v) is 4.49. The Morgan fingerprint density at radius 2 is 2.04 bits per heavy atom. The Bertz CT molecular complexity index is 814. The molecule has 0 unspecified atom stereocenters. The molecule has 0 saturated heterocycles. The van der Waals surface area contributed by atoms with E-state index in [-0.39, 0.29) is 17.7 Å². The van der Waals surface area contributed by atoms with Crippen LogP contribution in [0.4, 0.5) is 0 Å². The molecule has 7 nitrogen and oxygen atoms in total. The van der Waals surface area contributed by atoms with Crippen LogP contribution in [-0.2, 0) is 11.8 Å². The molecule has 1 aromatic carbocycles. The highest BCUT2D eigenvalue weighted by Crippen LogP contribution is 2.28. The number of carbonyl (C=O) groups is 2. The topological polar surface area (TPSA) is 82.4 Å². The second kappa shape index (κ2) is 9.21. The number of Topliss-reactive ketones (excluding diaryl/α,β-unsaturated/α-hetero) is 1. The molecule has 1 heterocycles. The molecule has 2 aromatic rings. The van der Waals surface area contributed by atoms with Gasteiger partial charge in [-0.25, -0.2) is 0 Å². The summed E-state index contributed by atoms with van der Waals surface area (Å²) >= 11 is 0. The normalized spacial score (nSPS) is 11.7. The summed E-state index contributed by atoms with van der Waals surface area (Å²) in [5.74, 6) is 0.998. The molecule has 0 saturated carbocycles. The summed E-state index contributed by atoms with van der Waals surface area (Å²) in [5.41, 5.74) is 2.61. The molecular formula is C20H27N3O4. The van der Waals surface area contributed by atoms with Gasteiger partial charge in [0.2, 0.25) is 5.91 Å². The molecule has 0 fully saturated rings. The molecule has 1 amide bonds. The predicted molar refractivity (Wildman–Crippen MR) is 102 cm³/mol. The smallest absolute Gasteiger partial charge is 0.220 e. The molecule has 2 rings (SSSR count). The van der Waals surface area contributed by atoms with Gasteiger partial charge in [-0.3, -0.25) is 14.3 Å². The highest BCUT2D eigenvalue weighted by molar-refractivity contribution is 5.94. The van der Waals surface area contributed by atoms with Gasteiger partial charge in [-0.1, -0.05) is 0 Å². The average Bonchev–Trinajstić information content (AvgIpc) is 2.97. The van der Waals surface area contributed by atoms with Gasteiger partial charge in [-0.2, -0.15) is 5.10 Å². The first-order chi connectivity index (χ1) is 12.8. The lowest BCUT2D eigenvalue weighted by Gasteiger charge is -2.14. The first kappa shape index (κ1) is 20.5. The minimum Gasteiger partial charge on any atom is -0.493 e. The highest BCUT2D eigenvalue weighted by Gasteiger charge is 2.14. The summed E-state index contributed by atoms with van der Waals surface area (Å²) < 4.78 is 12.7. The first-order valence-corrected chi connectivity index (χ1v) is 8.93. The molecular weight excluding hydrogens is 346 g/mol. The number of methoxy groups -OCH3 is 1. The van der Waals surface area contributed by atoms with Crippen molar-refractivity contribution in [3.05, 3.63) is 41.2 Å². The average molecular weight is 373 g/mol. The van der Waals surface area contributed by atoms with Gasteiger partial charge in [0, 0.05) is 30.3 Å². The van der Waals surface area contributed by atoms with Gasteiger partial charge in [-0.15, -0.1) is 0 Å². The third kappa shape index (κ3) is 5.32. The summed E-state index contributed by atoms with van der Waals surface area (Å²) in [5, 5.41) is 7.18. The van der Waals surface area contributed by atoms with Gasteiger partial charge in [0.15, 0.2) is 17.3 Å². The summed E-state index contributed by atoms with van der Waals surface area (Å²) in [6.45, 7) is 5.80. The van der Waals surface area contributed by atoms with Crippen LogP contribution in [0, 0.1) is 6.92 Å². The van der Waals surface area contributed by atoms with E-state index in [0.29, 0.717) is 36.5 Å². The van der Waals surface area contributed by atoms with Crippen LogP contribution < -0.4 is 14.8 Å². The number of rotatable bonds is 9. The Labute approximate surface area is 159 Å². The lowest BCUT2D eigenvalue weighted by molar-refractivity contribution is -0.121. The fraction of sp³-hybridized carbons (Fsp3) is 0.450. The lowest BCUT2D eigenvalue weighted by atomic mass is 10.1. The number of ketones is 1. The lowest BCUT2D eigenvalue weighted by Crippen LogP contribution is -2.27. The van der Waals surface area contributed by atoms with Crippen molar-refractivity contribution in [3.8, 4) is 11.5 Å². The number of ether oxygens (including phenoxy) is 2. The van der Waals surface area contributed by atoms with Crippen LogP contribution in [-0.4, -0.2) is 35.2 Å². The fourth-order valence-corrected chi connectivity index (χ4v) is 2.75. The number of nitrogens with one attached hydrogen (secondary N) is 1. The molecule has 1 N–H and O–H groups in total. The Kier molecular flexibility index (Phi) is 6.98. The van der Waals surface area contributed by atoms with E-state index in [1.54, 1.807) is 29.1 Å². The zero-order chi connectivity index (χ0) is 20.0. The third-order valence-electron chi connectivity index (χ3n) is 4.49. The monoisotopic (exact) mass is 373 g/mol. The number of carbonyl (C=O) groups excluding carboxylic acids is 2. The standard InChI is InChI=1S/C20H27N3O4/c1-13(17-12-21-23(4)14(17)2)22-20(25)7-6-10-27-18-9-8-16(15(3)24)11-19(18)26-5/h8-9,11-13H,6-7,10H2,1-5H3,(H,22,25)/t13-/m0/s1. The highest BCUT2D eigenvalue weighted by atomic mass is 16.5. The van der Waals surface area contributed by atoms with Crippen LogP contribution in [0.15, 0.2) is 24.4 Å². The molecule has 146 valence electrons. The summed E-state index contributed by atoms with van der Waals surface area (Å²) in [4.78, 5) is 23.6. The number of hydrogen-bond acceptors (Lipinski definition) is 5. The van der Waals surface area contributed by atoms with Crippen molar-refractivity contribution in [3.63, 3.8) is 0 Å². The summed E-state index contributed by atoms with van der Waals surface area (Å²) in [6.07, 6.45) is 2.71. The molecule has 27 heavy (non-hydrogen) atoms. The molecule has 0 bridgehead atoms. The molecule has 0 aliphatic heterocycles. The zero-order valence-electron chi connectivity index (χ0n) is 16.5. The number of aromatic nitrogens is 2. The van der Waals surface area contributed by atoms with Crippen LogP contribution in [0.3, 0.4) is 0 Å². The molecule has 0 aliphatic rings. The number of benzene rings is 1. The van der Waals surface area contributed by atoms with Crippen molar-refractivity contribution >= 4 is 11.7 Å². The molecule has 7 heteroatoms. The van der Waals surface area contributed by atoms with Crippen molar-refractivity contribution in [1.82, 2.24) is 15.1 Å². The number of hydrogen-bond donors (Lipinski definition) is 1. The molecule has 0 aliphatic carbocycles. The van der Waals surface area contributed by atoms with Gasteiger partial charge >= 0.3 is 0 Å². The van der Waals surface area contributed by atoms with E-state index in [0.717, 1.165) is 11.3 Å². The number of nitrogens with zero attached hydrogens (tertiary/aromatic N) is 2. The van der Waals surface area contributed by atoms with Crippen molar-refractivity contribution in [1.29, 1.82) is 0 Å². The summed E-state index contributed by atoms with van der Waals surface area (Å²) in [7, 11) is 3.41. The Hall–Kier alpha value is -2.83. The molecule has 0 radical (unpaired) electrons. The number of amides is 1. The van der Waals surface area contributed by atoms with E-state index in [1.807, 2.05) is 20.9 Å². The zero-order valence-corrected chi connectivity index (χ0v) is 16.5. The molecule has 0 spiro atoms. The second-order valence-electron chi connectivity index (χ2n) is 6.47. The van der Waals surface area contributed by atoms with Gasteiger partial charge < -0.3 is 14.8 Å². The van der Waals surface area contributed by atoms with Crippen molar-refractivity contribution in [2.24, 2.45) is 7.05 Å².